The minimum Gasteiger partial charge on any atom is -0.459 e. The first-order valence-corrected chi connectivity index (χ1v) is 15.1. The van der Waals surface area contributed by atoms with Gasteiger partial charge in [0, 0.05) is 12.1 Å². The Morgan fingerprint density at radius 3 is 2.55 bits per heavy atom. The second-order valence-corrected chi connectivity index (χ2v) is 13.5. The van der Waals surface area contributed by atoms with Crippen LogP contribution in [0.1, 0.15) is 95.8 Å². The number of ether oxygens (including phenoxy) is 1. The lowest BCUT2D eigenvalue weighted by Crippen LogP contribution is -2.60. The maximum absolute atomic E-state index is 12.7. The van der Waals surface area contributed by atoms with E-state index in [4.69, 9.17) is 4.74 Å². The van der Waals surface area contributed by atoms with Gasteiger partial charge in [0.15, 0.2) is 0 Å². The molecule has 1 saturated heterocycles. The summed E-state index contributed by atoms with van der Waals surface area (Å²) in [5, 5.41) is 17.9. The second kappa shape index (κ2) is 10.9. The molecule has 38 heavy (non-hydrogen) atoms. The molecule has 0 aromatic heterocycles. The van der Waals surface area contributed by atoms with Crippen molar-refractivity contribution in [3.05, 3.63) is 29.8 Å². The van der Waals surface area contributed by atoms with Gasteiger partial charge in [-0.05, 0) is 143 Å². The van der Waals surface area contributed by atoms with Crippen LogP contribution in [-0.2, 0) is 9.53 Å². The minimum atomic E-state index is -0.347. The molecule has 3 saturated carbocycles. The first kappa shape index (κ1) is 27.6. The number of hydrogen-bond donors (Lipinski definition) is 3. The van der Waals surface area contributed by atoms with Crippen molar-refractivity contribution >= 4 is 17.6 Å². The van der Waals surface area contributed by atoms with Crippen molar-refractivity contribution in [1.29, 1.82) is 0 Å². The molecule has 8 atom stereocenters. The number of carbonyl (C=O) groups excluding carboxylic acids is 2. The number of nitrogens with one attached hydrogen (secondary N) is 2. The Bertz CT molecular complexity index is 1010. The largest absolute Gasteiger partial charge is 0.459 e. The highest BCUT2D eigenvalue weighted by molar-refractivity contribution is 5.93. The Morgan fingerprint density at radius 2 is 1.82 bits per heavy atom. The van der Waals surface area contributed by atoms with Crippen LogP contribution in [0, 0.1) is 40.4 Å². The molecule has 1 heterocycles. The molecule has 4 aliphatic rings. The summed E-state index contributed by atoms with van der Waals surface area (Å²) in [6.07, 6.45) is 9.35. The third-order valence-corrected chi connectivity index (χ3v) is 11.2. The van der Waals surface area contributed by atoms with Gasteiger partial charge in [0.25, 0.3) is 0 Å². The molecule has 6 nitrogen and oxygen atoms in total. The number of aliphatic hydroxyl groups excluding tert-OH is 1. The summed E-state index contributed by atoms with van der Waals surface area (Å²) in [4.78, 5) is 24.7. The van der Waals surface area contributed by atoms with Crippen LogP contribution >= 0.6 is 0 Å². The van der Waals surface area contributed by atoms with E-state index in [2.05, 4.69) is 24.5 Å². The average molecular weight is 525 g/mol. The molecule has 1 aromatic rings. The van der Waals surface area contributed by atoms with Gasteiger partial charge in [0.05, 0.1) is 17.8 Å². The summed E-state index contributed by atoms with van der Waals surface area (Å²) >= 11 is 0. The molecule has 0 radical (unpaired) electrons. The quantitative estimate of drug-likeness (QED) is 0.393. The van der Waals surface area contributed by atoms with E-state index in [1.165, 1.54) is 32.1 Å². The minimum absolute atomic E-state index is 0.0264. The van der Waals surface area contributed by atoms with Gasteiger partial charge in [-0.1, -0.05) is 13.8 Å². The molecule has 1 aliphatic heterocycles. The molecule has 5 rings (SSSR count). The van der Waals surface area contributed by atoms with Crippen molar-refractivity contribution < 1.29 is 19.4 Å². The van der Waals surface area contributed by atoms with Gasteiger partial charge in [-0.2, -0.15) is 0 Å². The fourth-order valence-electron chi connectivity index (χ4n) is 9.15. The molecule has 6 heteroatoms. The third kappa shape index (κ3) is 5.15. The highest BCUT2D eigenvalue weighted by Crippen LogP contribution is 2.66. The zero-order valence-corrected chi connectivity index (χ0v) is 23.8. The van der Waals surface area contributed by atoms with E-state index in [-0.39, 0.29) is 29.5 Å². The molecule has 3 aliphatic carbocycles. The predicted octanol–water partition coefficient (Wildman–Crippen LogP) is 5.80. The van der Waals surface area contributed by atoms with Gasteiger partial charge in [0.1, 0.15) is 0 Å². The number of amides is 1. The van der Waals surface area contributed by atoms with Crippen LogP contribution in [0.5, 0.6) is 0 Å². The lowest BCUT2D eigenvalue weighted by atomic mass is 9.45. The topological polar surface area (TPSA) is 87.7 Å². The summed E-state index contributed by atoms with van der Waals surface area (Å²) < 4.78 is 5.23. The van der Waals surface area contributed by atoms with Crippen molar-refractivity contribution in [3.63, 3.8) is 0 Å². The predicted molar refractivity (Wildman–Crippen MR) is 150 cm³/mol. The highest BCUT2D eigenvalue weighted by atomic mass is 16.5. The van der Waals surface area contributed by atoms with E-state index < -0.39 is 0 Å². The van der Waals surface area contributed by atoms with E-state index in [1.54, 1.807) is 24.3 Å². The number of hydrogen-bond acceptors (Lipinski definition) is 5. The summed E-state index contributed by atoms with van der Waals surface area (Å²) in [5.41, 5.74) is 1.86. The normalized spacial score (nSPS) is 38.2. The number of benzene rings is 1. The molecule has 1 amide bonds. The highest BCUT2D eigenvalue weighted by Gasteiger charge is 2.61. The first-order chi connectivity index (χ1) is 18.1. The summed E-state index contributed by atoms with van der Waals surface area (Å²) in [6, 6.07) is 6.92. The number of rotatable bonds is 7. The van der Waals surface area contributed by atoms with E-state index in [0.29, 0.717) is 52.7 Å². The summed E-state index contributed by atoms with van der Waals surface area (Å²) in [7, 11) is 0. The second-order valence-electron chi connectivity index (χ2n) is 13.5. The average Bonchev–Trinajstić information content (AvgIpc) is 3.20. The maximum atomic E-state index is 12.7. The molecule has 4 fully saturated rings. The molecular formula is C32H48N2O4. The molecular weight excluding hydrogens is 476 g/mol. The third-order valence-electron chi connectivity index (χ3n) is 11.2. The zero-order chi connectivity index (χ0) is 27.1. The molecule has 210 valence electrons. The molecule has 3 N–H and O–H groups in total. The van der Waals surface area contributed by atoms with E-state index in [0.717, 1.165) is 32.4 Å². The van der Waals surface area contributed by atoms with Crippen molar-refractivity contribution in [3.8, 4) is 0 Å². The zero-order valence-electron chi connectivity index (χ0n) is 23.8. The Hall–Kier alpha value is -1.92. The number of esters is 1. The Morgan fingerprint density at radius 1 is 1.08 bits per heavy atom. The molecule has 1 aromatic carbocycles. The number of fused-ring (bicyclic) bond motifs is 5. The summed E-state index contributed by atoms with van der Waals surface area (Å²) in [5.74, 6) is 2.64. The van der Waals surface area contributed by atoms with Crippen molar-refractivity contribution in [2.75, 3.05) is 18.4 Å². The lowest BCUT2D eigenvalue weighted by Gasteiger charge is -2.62. The van der Waals surface area contributed by atoms with Gasteiger partial charge in [0.2, 0.25) is 5.91 Å². The summed E-state index contributed by atoms with van der Waals surface area (Å²) in [6.45, 7) is 10.9. The number of piperidine rings is 1. The van der Waals surface area contributed by atoms with Gasteiger partial charge in [-0.3, -0.25) is 4.79 Å². The van der Waals surface area contributed by atoms with Crippen molar-refractivity contribution in [1.82, 2.24) is 5.32 Å². The first-order valence-electron chi connectivity index (χ1n) is 15.1. The smallest absolute Gasteiger partial charge is 0.338 e. The van der Waals surface area contributed by atoms with Crippen LogP contribution in [-0.4, -0.2) is 42.3 Å². The van der Waals surface area contributed by atoms with Crippen LogP contribution in [0.25, 0.3) is 0 Å². The van der Waals surface area contributed by atoms with Gasteiger partial charge in [-0.25, -0.2) is 4.79 Å². The Kier molecular flexibility index (Phi) is 7.94. The van der Waals surface area contributed by atoms with Gasteiger partial charge >= 0.3 is 5.97 Å². The lowest BCUT2D eigenvalue weighted by molar-refractivity contribution is -0.159. The Balaban J connectivity index is 1.14. The SMILES string of the molecule is CC(C)OC(=O)c1ccc(NC(=O)CCCC2CCC3C4C(O)CC5CNCCC5(C)C4CCC23C)cc1. The maximum Gasteiger partial charge on any atom is 0.338 e. The monoisotopic (exact) mass is 524 g/mol. The number of aliphatic hydroxyl groups is 1. The van der Waals surface area contributed by atoms with Gasteiger partial charge in [-0.15, -0.1) is 0 Å². The van der Waals surface area contributed by atoms with E-state index in [9.17, 15) is 14.7 Å². The molecule has 0 bridgehead atoms. The standard InChI is InChI=1S/C32H48N2O4/c1-20(2)38-30(37)21-8-11-24(12-9-21)34-28(36)7-5-6-22-10-13-25-29-26(14-15-31(22,25)3)32(4)16-17-33-19-23(32)18-27(29)35/h8-9,11-12,20,22-23,25-27,29,33,35H,5-7,10,13-19H2,1-4H3,(H,34,36). The molecule has 8 unspecified atom stereocenters. The van der Waals surface area contributed by atoms with Crippen LogP contribution in [0.2, 0.25) is 0 Å². The Labute approximate surface area is 228 Å². The van der Waals surface area contributed by atoms with Crippen molar-refractivity contribution in [2.24, 2.45) is 40.4 Å². The number of carbonyl (C=O) groups is 2. The van der Waals surface area contributed by atoms with Crippen molar-refractivity contribution in [2.45, 2.75) is 97.7 Å². The molecule has 0 spiro atoms. The van der Waals surface area contributed by atoms with Crippen LogP contribution in [0.3, 0.4) is 0 Å². The van der Waals surface area contributed by atoms with E-state index >= 15 is 0 Å². The van der Waals surface area contributed by atoms with Crippen LogP contribution in [0.15, 0.2) is 24.3 Å². The fraction of sp³-hybridized carbons (Fsp3) is 0.750. The van der Waals surface area contributed by atoms with Gasteiger partial charge < -0.3 is 20.5 Å². The van der Waals surface area contributed by atoms with E-state index in [1.807, 2.05) is 13.8 Å². The van der Waals surface area contributed by atoms with Crippen LogP contribution in [0.4, 0.5) is 5.69 Å². The number of anilines is 1. The van der Waals surface area contributed by atoms with Crippen LogP contribution < -0.4 is 10.6 Å². The fourth-order valence-corrected chi connectivity index (χ4v) is 9.15.